The Kier molecular flexibility index (Phi) is 10.8. The molecule has 1 unspecified atom stereocenters. The summed E-state index contributed by atoms with van der Waals surface area (Å²) in [6.07, 6.45) is 0.963. The van der Waals surface area contributed by atoms with E-state index in [4.69, 9.17) is 4.74 Å². The van der Waals surface area contributed by atoms with E-state index in [0.29, 0.717) is 6.61 Å². The predicted molar refractivity (Wildman–Crippen MR) is 96.2 cm³/mol. The van der Waals surface area contributed by atoms with Gasteiger partial charge >= 0.3 is 0 Å². The number of amides is 1. The topological polar surface area (TPSA) is 66.0 Å². The van der Waals surface area contributed by atoms with Crippen molar-refractivity contribution in [1.29, 1.82) is 0 Å². The molecule has 7 heteroatoms. The normalized spacial score (nSPS) is 18.6. The van der Waals surface area contributed by atoms with E-state index in [2.05, 4.69) is 15.6 Å². The first-order chi connectivity index (χ1) is 9.58. The highest BCUT2D eigenvalue weighted by atomic mass is 127. The maximum atomic E-state index is 11.9. The number of nitrogens with zero attached hydrogens (tertiary/aromatic N) is 2. The highest BCUT2D eigenvalue weighted by molar-refractivity contribution is 14.0. The summed E-state index contributed by atoms with van der Waals surface area (Å²) in [5, 5.41) is 6.56. The van der Waals surface area contributed by atoms with Crippen molar-refractivity contribution in [3.8, 4) is 0 Å². The lowest BCUT2D eigenvalue weighted by Crippen LogP contribution is -2.46. The fraction of sp³-hybridized carbons (Fsp3) is 0.857. The maximum Gasteiger partial charge on any atom is 0.225 e. The Morgan fingerprint density at radius 3 is 2.76 bits per heavy atom. The van der Waals surface area contributed by atoms with E-state index in [-0.39, 0.29) is 41.8 Å². The minimum Gasteiger partial charge on any atom is -0.380 e. The molecule has 0 aromatic rings. The van der Waals surface area contributed by atoms with Crippen LogP contribution in [0.2, 0.25) is 0 Å². The summed E-state index contributed by atoms with van der Waals surface area (Å²) in [5.41, 5.74) is 0. The molecule has 2 N–H and O–H groups in total. The van der Waals surface area contributed by atoms with Crippen molar-refractivity contribution in [3.63, 3.8) is 0 Å². The molecule has 124 valence electrons. The van der Waals surface area contributed by atoms with Crippen LogP contribution in [0.5, 0.6) is 0 Å². The van der Waals surface area contributed by atoms with Gasteiger partial charge in [-0.3, -0.25) is 9.79 Å². The third-order valence-corrected chi connectivity index (χ3v) is 3.30. The van der Waals surface area contributed by atoms with Gasteiger partial charge in [0.15, 0.2) is 5.96 Å². The molecule has 0 aromatic carbocycles. The average molecular weight is 412 g/mol. The van der Waals surface area contributed by atoms with Crippen LogP contribution < -0.4 is 10.6 Å². The Morgan fingerprint density at radius 1 is 1.48 bits per heavy atom. The van der Waals surface area contributed by atoms with Crippen molar-refractivity contribution < 1.29 is 9.53 Å². The lowest BCUT2D eigenvalue weighted by Gasteiger charge is -2.20. The molecule has 0 aliphatic carbocycles. The lowest BCUT2D eigenvalue weighted by molar-refractivity contribution is -0.133. The van der Waals surface area contributed by atoms with Crippen molar-refractivity contribution >= 4 is 35.8 Å². The van der Waals surface area contributed by atoms with Gasteiger partial charge in [0.1, 0.15) is 0 Å². The first-order valence-electron chi connectivity index (χ1n) is 7.42. The number of guanidine groups is 1. The van der Waals surface area contributed by atoms with Crippen LogP contribution in [0.25, 0.3) is 0 Å². The van der Waals surface area contributed by atoms with Gasteiger partial charge in [0.25, 0.3) is 0 Å². The van der Waals surface area contributed by atoms with Gasteiger partial charge in [0.05, 0.1) is 6.61 Å². The van der Waals surface area contributed by atoms with Crippen LogP contribution in [0, 0.1) is 5.92 Å². The number of nitrogens with one attached hydrogen (secondary N) is 2. The van der Waals surface area contributed by atoms with Crippen molar-refractivity contribution in [2.24, 2.45) is 10.9 Å². The molecule has 0 spiro atoms. The summed E-state index contributed by atoms with van der Waals surface area (Å²) in [6.45, 7) is 9.56. The molecule has 1 heterocycles. The molecule has 1 aliphatic heterocycles. The highest BCUT2D eigenvalue weighted by Crippen LogP contribution is 2.12. The number of hydrogen-bond acceptors (Lipinski definition) is 3. The summed E-state index contributed by atoms with van der Waals surface area (Å²) in [5.74, 6) is 1.07. The van der Waals surface area contributed by atoms with Gasteiger partial charge in [0, 0.05) is 45.2 Å². The second-order valence-electron chi connectivity index (χ2n) is 5.26. The van der Waals surface area contributed by atoms with Gasteiger partial charge in [-0.05, 0) is 13.3 Å². The van der Waals surface area contributed by atoms with Crippen LogP contribution in [0.15, 0.2) is 4.99 Å². The van der Waals surface area contributed by atoms with Gasteiger partial charge in [-0.2, -0.15) is 0 Å². The smallest absolute Gasteiger partial charge is 0.225 e. The monoisotopic (exact) mass is 412 g/mol. The zero-order valence-electron chi connectivity index (χ0n) is 13.5. The van der Waals surface area contributed by atoms with E-state index in [1.165, 1.54) is 0 Å². The largest absolute Gasteiger partial charge is 0.380 e. The Bertz CT molecular complexity index is 337. The lowest BCUT2D eigenvalue weighted by atomic mass is 10.2. The van der Waals surface area contributed by atoms with Crippen molar-refractivity contribution in [2.45, 2.75) is 33.2 Å². The molecule has 1 atom stereocenters. The first-order valence-corrected chi connectivity index (χ1v) is 7.42. The highest BCUT2D eigenvalue weighted by Gasteiger charge is 2.27. The molecule has 1 rings (SSSR count). The maximum absolute atomic E-state index is 11.9. The zero-order valence-corrected chi connectivity index (χ0v) is 15.8. The number of halogens is 1. The first kappa shape index (κ1) is 20.4. The minimum atomic E-state index is 0. The van der Waals surface area contributed by atoms with Crippen LogP contribution in [-0.2, 0) is 9.53 Å². The molecular weight excluding hydrogens is 383 g/mol. The number of carbonyl (C=O) groups excluding carboxylic acids is 1. The van der Waals surface area contributed by atoms with Crippen LogP contribution in [0.4, 0.5) is 0 Å². The van der Waals surface area contributed by atoms with Crippen molar-refractivity contribution in [2.75, 3.05) is 39.9 Å². The number of likely N-dealkylation sites (tertiary alicyclic amines) is 1. The standard InChI is InChI=1S/C14H28N4O2.HI/c1-5-20-9-7-16-14(15-4)17-12-6-8-18(10-12)13(19)11(2)3;/h11-12H,5-10H2,1-4H3,(H2,15,16,17);1H. The Morgan fingerprint density at radius 2 is 2.19 bits per heavy atom. The van der Waals surface area contributed by atoms with E-state index < -0.39 is 0 Å². The Hall–Kier alpha value is -0.570. The summed E-state index contributed by atoms with van der Waals surface area (Å²) >= 11 is 0. The van der Waals surface area contributed by atoms with Crippen molar-refractivity contribution in [3.05, 3.63) is 0 Å². The Balaban J connectivity index is 0.00000400. The van der Waals surface area contributed by atoms with Gasteiger partial charge in [-0.25, -0.2) is 0 Å². The summed E-state index contributed by atoms with van der Waals surface area (Å²) < 4.78 is 5.28. The molecule has 0 aromatic heterocycles. The van der Waals surface area contributed by atoms with Crippen LogP contribution in [0.3, 0.4) is 0 Å². The van der Waals surface area contributed by atoms with Crippen molar-refractivity contribution in [1.82, 2.24) is 15.5 Å². The van der Waals surface area contributed by atoms with Gasteiger partial charge < -0.3 is 20.3 Å². The summed E-state index contributed by atoms with van der Waals surface area (Å²) in [4.78, 5) is 18.0. The Labute approximate surface area is 145 Å². The summed E-state index contributed by atoms with van der Waals surface area (Å²) in [7, 11) is 1.75. The molecule has 1 saturated heterocycles. The van der Waals surface area contributed by atoms with Gasteiger partial charge in [-0.1, -0.05) is 13.8 Å². The van der Waals surface area contributed by atoms with Crippen LogP contribution in [-0.4, -0.2) is 62.7 Å². The van der Waals surface area contributed by atoms with Gasteiger partial charge in [-0.15, -0.1) is 24.0 Å². The SMILES string of the molecule is CCOCCNC(=NC)NC1CCN(C(=O)C(C)C)C1.I. The molecule has 0 saturated carbocycles. The summed E-state index contributed by atoms with van der Waals surface area (Å²) in [6, 6.07) is 0.274. The van der Waals surface area contributed by atoms with E-state index in [1.54, 1.807) is 7.05 Å². The van der Waals surface area contributed by atoms with E-state index in [9.17, 15) is 4.79 Å². The molecule has 6 nitrogen and oxygen atoms in total. The minimum absolute atomic E-state index is 0. The average Bonchev–Trinajstić information content (AvgIpc) is 2.89. The number of carbonyl (C=O) groups is 1. The second-order valence-corrected chi connectivity index (χ2v) is 5.26. The number of ether oxygens (including phenoxy) is 1. The number of hydrogen-bond donors (Lipinski definition) is 2. The van der Waals surface area contributed by atoms with Crippen LogP contribution >= 0.6 is 24.0 Å². The molecule has 0 bridgehead atoms. The fourth-order valence-electron chi connectivity index (χ4n) is 2.22. The van der Waals surface area contributed by atoms with E-state index in [1.807, 2.05) is 25.7 Å². The van der Waals surface area contributed by atoms with E-state index in [0.717, 1.165) is 38.6 Å². The zero-order chi connectivity index (χ0) is 15.0. The number of rotatable bonds is 6. The molecule has 0 radical (unpaired) electrons. The molecule has 21 heavy (non-hydrogen) atoms. The third kappa shape index (κ3) is 7.30. The predicted octanol–water partition coefficient (Wildman–Crippen LogP) is 1.06. The second kappa shape index (κ2) is 11.1. The third-order valence-electron chi connectivity index (χ3n) is 3.30. The fourth-order valence-corrected chi connectivity index (χ4v) is 2.22. The van der Waals surface area contributed by atoms with E-state index >= 15 is 0 Å². The molecule has 1 aliphatic rings. The molecule has 1 amide bonds. The molecule has 1 fully saturated rings. The molecular formula is C14H29IN4O2. The van der Waals surface area contributed by atoms with Crippen LogP contribution in [0.1, 0.15) is 27.2 Å². The quantitative estimate of drug-likeness (QED) is 0.297. The van der Waals surface area contributed by atoms with Gasteiger partial charge in [0.2, 0.25) is 5.91 Å². The number of aliphatic imine (C=N–C) groups is 1.